The smallest absolute Gasteiger partial charge is 0.319 e. The van der Waals surface area contributed by atoms with E-state index in [0.717, 1.165) is 57.2 Å². The first-order valence-electron chi connectivity index (χ1n) is 19.0. The van der Waals surface area contributed by atoms with Crippen LogP contribution >= 0.6 is 0 Å². The van der Waals surface area contributed by atoms with Gasteiger partial charge in [-0.05, 0) is 68.0 Å². The molecule has 0 spiro atoms. The van der Waals surface area contributed by atoms with Gasteiger partial charge >= 0.3 is 6.01 Å². The normalized spacial score (nSPS) is 21.2. The predicted octanol–water partition coefficient (Wildman–Crippen LogP) is 5.65. The SMILES string of the molecule is C#Cc1c(F)ccc2cc(O)cc(-c3nc(OC)c4c(N5CCNC(CCC)C5)nc(OCC5(CN6CC7CC7C6)CC5)nc4c3F)c12.CCNC(C)=O. The Labute approximate surface area is 314 Å². The molecule has 2 saturated carbocycles. The number of carbonyl (C=O) groups excluding carboxylic acids is 1. The summed E-state index contributed by atoms with van der Waals surface area (Å²) in [6.45, 7) is 12.1. The molecule has 2 aliphatic heterocycles. The summed E-state index contributed by atoms with van der Waals surface area (Å²) in [5, 5.41) is 17.8. The number of rotatable bonds is 11. The number of hydrogen-bond donors (Lipinski definition) is 3. The maximum Gasteiger partial charge on any atom is 0.319 e. The van der Waals surface area contributed by atoms with Gasteiger partial charge in [0, 0.05) is 75.1 Å². The summed E-state index contributed by atoms with van der Waals surface area (Å²) in [5.41, 5.74) is -0.0752. The zero-order chi connectivity index (χ0) is 38.1. The number of nitrogens with zero attached hydrogens (tertiary/aromatic N) is 5. The average molecular weight is 742 g/mol. The van der Waals surface area contributed by atoms with Gasteiger partial charge in [0.05, 0.1) is 19.3 Å². The van der Waals surface area contributed by atoms with Gasteiger partial charge in [-0.3, -0.25) is 4.79 Å². The highest BCUT2D eigenvalue weighted by Crippen LogP contribution is 2.51. The second-order valence-corrected chi connectivity index (χ2v) is 15.2. The molecular weight excluding hydrogens is 692 g/mol. The number of fused-ring (bicyclic) bond motifs is 3. The number of pyridine rings is 1. The third kappa shape index (κ3) is 7.72. The van der Waals surface area contributed by atoms with Crippen molar-refractivity contribution in [3.8, 4) is 41.2 Å². The Bertz CT molecular complexity index is 2090. The number of piperazine rings is 1. The first-order chi connectivity index (χ1) is 26.1. The Hall–Kier alpha value is -4.80. The van der Waals surface area contributed by atoms with Gasteiger partial charge in [-0.1, -0.05) is 25.3 Å². The molecule has 2 saturated heterocycles. The Balaban J connectivity index is 0.000000695. The Kier molecular flexibility index (Phi) is 10.8. The van der Waals surface area contributed by atoms with Crippen LogP contribution in [0, 0.1) is 41.2 Å². The molecule has 2 aliphatic carbocycles. The van der Waals surface area contributed by atoms with E-state index in [-0.39, 0.29) is 62.7 Å². The lowest BCUT2D eigenvalue weighted by Crippen LogP contribution is -2.51. The van der Waals surface area contributed by atoms with E-state index in [9.17, 15) is 14.3 Å². The van der Waals surface area contributed by atoms with E-state index in [0.29, 0.717) is 36.3 Å². The molecule has 286 valence electrons. The van der Waals surface area contributed by atoms with Crippen molar-refractivity contribution < 1.29 is 28.2 Å². The number of ether oxygens (including phenoxy) is 2. The number of phenolic OH excluding ortho intramolecular Hbond substituents is 1. The molecule has 4 aliphatic rings. The molecule has 1 amide bonds. The van der Waals surface area contributed by atoms with Crippen LogP contribution in [0.25, 0.3) is 32.9 Å². The molecule has 54 heavy (non-hydrogen) atoms. The standard InChI is InChI=1S/C37H40F2N6O3.C4H9NO/c1-4-6-24-18-45(12-11-40-24)34-30-33(42-36(43-34)48-20-37(9-10-37)19-44-16-22-13-23(22)17-44)31(39)32(41-35(30)47-3)27-15-25(46)14-21-7-8-28(38)26(5-2)29(21)27;1-3-5-4(2)6/h2,7-8,14-15,22-24,40,46H,4,6,9-13,16-20H2,1,3H3;3H2,1-2H3,(H,5,6). The molecule has 11 nitrogen and oxygen atoms in total. The number of likely N-dealkylation sites (tertiary alicyclic amines) is 1. The lowest BCUT2D eigenvalue weighted by Gasteiger charge is -2.35. The molecule has 2 aromatic carbocycles. The van der Waals surface area contributed by atoms with Crippen LogP contribution in [0.4, 0.5) is 14.6 Å². The molecule has 0 bridgehead atoms. The number of methoxy groups -OCH3 is 1. The predicted molar refractivity (Wildman–Crippen MR) is 205 cm³/mol. The Morgan fingerprint density at radius 3 is 2.56 bits per heavy atom. The molecule has 3 unspecified atom stereocenters. The molecule has 2 aromatic heterocycles. The van der Waals surface area contributed by atoms with Crippen molar-refractivity contribution in [3.63, 3.8) is 0 Å². The van der Waals surface area contributed by atoms with Crippen LogP contribution in [0.15, 0.2) is 24.3 Å². The van der Waals surface area contributed by atoms with Crippen LogP contribution in [0.2, 0.25) is 0 Å². The highest BCUT2D eigenvalue weighted by molar-refractivity contribution is 6.04. The summed E-state index contributed by atoms with van der Waals surface area (Å²) < 4.78 is 44.2. The van der Waals surface area contributed by atoms with Crippen molar-refractivity contribution in [3.05, 3.63) is 41.5 Å². The molecule has 4 aromatic rings. The third-order valence-electron chi connectivity index (χ3n) is 11.1. The van der Waals surface area contributed by atoms with Gasteiger partial charge in [-0.15, -0.1) is 6.42 Å². The van der Waals surface area contributed by atoms with Crippen LogP contribution in [-0.4, -0.2) is 96.4 Å². The minimum atomic E-state index is -0.767. The third-order valence-corrected chi connectivity index (χ3v) is 11.1. The van der Waals surface area contributed by atoms with Crippen molar-refractivity contribution in [2.24, 2.45) is 17.3 Å². The van der Waals surface area contributed by atoms with Gasteiger partial charge in [0.25, 0.3) is 0 Å². The first-order valence-corrected chi connectivity index (χ1v) is 19.0. The van der Waals surface area contributed by atoms with E-state index in [2.05, 4.69) is 43.2 Å². The first kappa shape index (κ1) is 37.5. The zero-order valence-electron chi connectivity index (χ0n) is 31.5. The van der Waals surface area contributed by atoms with Crippen molar-refractivity contribution in [2.75, 3.05) is 64.4 Å². The van der Waals surface area contributed by atoms with Gasteiger partial charge in [0.2, 0.25) is 11.8 Å². The number of benzene rings is 2. The van der Waals surface area contributed by atoms with E-state index < -0.39 is 11.6 Å². The summed E-state index contributed by atoms with van der Waals surface area (Å²) in [6.07, 6.45) is 11.2. The fourth-order valence-electron chi connectivity index (χ4n) is 8.13. The van der Waals surface area contributed by atoms with Gasteiger partial charge in [0.15, 0.2) is 5.82 Å². The minimum absolute atomic E-state index is 0.0259. The number of terminal acetylenes is 1. The minimum Gasteiger partial charge on any atom is -0.508 e. The number of nitrogens with one attached hydrogen (secondary N) is 2. The van der Waals surface area contributed by atoms with Crippen LogP contribution in [0.1, 0.15) is 58.4 Å². The average Bonchev–Trinajstić information content (AvgIpc) is 4.06. The monoisotopic (exact) mass is 741 g/mol. The largest absolute Gasteiger partial charge is 0.508 e. The van der Waals surface area contributed by atoms with Crippen molar-refractivity contribution in [2.45, 2.75) is 58.9 Å². The molecule has 0 radical (unpaired) electrons. The van der Waals surface area contributed by atoms with Gasteiger partial charge in [-0.25, -0.2) is 13.8 Å². The molecule has 13 heteroatoms. The second-order valence-electron chi connectivity index (χ2n) is 15.2. The highest BCUT2D eigenvalue weighted by Gasteiger charge is 2.51. The number of amides is 1. The molecule has 3 N–H and O–H groups in total. The number of phenols is 1. The molecule has 4 heterocycles. The summed E-state index contributed by atoms with van der Waals surface area (Å²) in [4.78, 5) is 28.8. The number of hydrogen-bond acceptors (Lipinski definition) is 10. The maximum atomic E-state index is 17.1. The Morgan fingerprint density at radius 1 is 1.13 bits per heavy atom. The van der Waals surface area contributed by atoms with Crippen molar-refractivity contribution >= 4 is 33.4 Å². The quantitative estimate of drug-likeness (QED) is 0.166. The Morgan fingerprint density at radius 2 is 1.91 bits per heavy atom. The molecular formula is C41H49F2N7O4. The number of aromatic nitrogens is 3. The lowest BCUT2D eigenvalue weighted by atomic mass is 9.95. The maximum absolute atomic E-state index is 17.1. The summed E-state index contributed by atoms with van der Waals surface area (Å²) in [5.74, 6) is 3.21. The van der Waals surface area contributed by atoms with Crippen LogP contribution in [0.5, 0.6) is 17.6 Å². The van der Waals surface area contributed by atoms with Crippen molar-refractivity contribution in [1.82, 2.24) is 30.5 Å². The number of anilines is 1. The number of carbonyl (C=O) groups is 1. The van der Waals surface area contributed by atoms with Gasteiger partial charge < -0.3 is 35.0 Å². The lowest BCUT2D eigenvalue weighted by molar-refractivity contribution is -0.118. The topological polar surface area (TPSA) is 125 Å². The molecule has 8 rings (SSSR count). The number of halogens is 2. The summed E-state index contributed by atoms with van der Waals surface area (Å²) in [7, 11) is 1.46. The van der Waals surface area contributed by atoms with Gasteiger partial charge in [0.1, 0.15) is 34.0 Å². The van der Waals surface area contributed by atoms with Crippen LogP contribution < -0.4 is 25.0 Å². The molecule has 3 atom stereocenters. The van der Waals surface area contributed by atoms with Gasteiger partial charge in [-0.2, -0.15) is 9.97 Å². The molecule has 4 fully saturated rings. The van der Waals surface area contributed by atoms with E-state index in [1.54, 1.807) is 0 Å². The van der Waals surface area contributed by atoms with E-state index >= 15 is 4.39 Å². The van der Waals surface area contributed by atoms with E-state index in [4.69, 9.17) is 20.9 Å². The summed E-state index contributed by atoms with van der Waals surface area (Å²) >= 11 is 0. The number of aromatic hydroxyl groups is 1. The van der Waals surface area contributed by atoms with Crippen LogP contribution in [-0.2, 0) is 4.79 Å². The van der Waals surface area contributed by atoms with Crippen molar-refractivity contribution in [1.29, 1.82) is 0 Å². The fraction of sp³-hybridized carbons (Fsp3) is 0.512. The van der Waals surface area contributed by atoms with E-state index in [1.807, 2.05) is 6.92 Å². The highest BCUT2D eigenvalue weighted by atomic mass is 19.1. The zero-order valence-corrected chi connectivity index (χ0v) is 31.5. The van der Waals surface area contributed by atoms with E-state index in [1.165, 1.54) is 57.8 Å². The second kappa shape index (κ2) is 15.5. The fourth-order valence-corrected chi connectivity index (χ4v) is 8.13. The number of piperidine rings is 1. The van der Waals surface area contributed by atoms with Crippen LogP contribution in [0.3, 0.4) is 0 Å². The summed E-state index contributed by atoms with van der Waals surface area (Å²) in [6, 6.07) is 5.84.